The van der Waals surface area contributed by atoms with E-state index in [1.807, 2.05) is 17.8 Å². The summed E-state index contributed by atoms with van der Waals surface area (Å²) in [5, 5.41) is 8.64. The molecule has 0 aromatic carbocycles. The largest absolute Gasteiger partial charge is 0.340 e. The van der Waals surface area contributed by atoms with Gasteiger partial charge >= 0.3 is 0 Å². The molecule has 1 aliphatic heterocycles. The minimum atomic E-state index is 0.110. The molecule has 1 saturated heterocycles. The molecule has 2 aromatic rings. The highest BCUT2D eigenvalue weighted by Crippen LogP contribution is 2.49. The molecule has 1 saturated carbocycles. The van der Waals surface area contributed by atoms with Gasteiger partial charge in [0.2, 0.25) is 5.89 Å². The summed E-state index contributed by atoms with van der Waals surface area (Å²) in [6.45, 7) is 8.05. The number of aromatic nitrogens is 4. The second-order valence-electron chi connectivity index (χ2n) is 6.76. The fourth-order valence-corrected chi connectivity index (χ4v) is 4.30. The number of nitrogens with zero attached hydrogens (tertiary/aromatic N) is 5. The molecule has 0 unspecified atom stereocenters. The first kappa shape index (κ1) is 13.9. The van der Waals surface area contributed by atoms with Crippen molar-refractivity contribution < 1.29 is 4.52 Å². The van der Waals surface area contributed by atoms with Crippen molar-refractivity contribution in [3.8, 4) is 0 Å². The van der Waals surface area contributed by atoms with Gasteiger partial charge in [0.1, 0.15) is 0 Å². The van der Waals surface area contributed by atoms with Gasteiger partial charge in [-0.15, -0.1) is 0 Å². The normalized spacial score (nSPS) is 28.4. The lowest BCUT2D eigenvalue weighted by Crippen LogP contribution is -2.33. The second-order valence-corrected chi connectivity index (χ2v) is 6.76. The minimum Gasteiger partial charge on any atom is -0.340 e. The number of fused-ring (bicyclic) bond motifs is 1. The Hall–Kier alpha value is -1.69. The molecule has 118 valence electrons. The van der Waals surface area contributed by atoms with Gasteiger partial charge in [0.05, 0.1) is 11.6 Å². The summed E-state index contributed by atoms with van der Waals surface area (Å²) >= 11 is 0. The molecule has 2 aromatic heterocycles. The van der Waals surface area contributed by atoms with Crippen molar-refractivity contribution >= 4 is 0 Å². The molecule has 3 heterocycles. The fraction of sp³-hybridized carbons (Fsp3) is 0.688. The van der Waals surface area contributed by atoms with Crippen LogP contribution in [0, 0.1) is 12.8 Å². The maximum atomic E-state index is 5.26. The van der Waals surface area contributed by atoms with Crippen LogP contribution in [0.15, 0.2) is 16.9 Å². The van der Waals surface area contributed by atoms with Gasteiger partial charge in [-0.25, -0.2) is 0 Å². The molecule has 0 spiro atoms. The SMILES string of the molecule is CCn1cc(CN2C[C@H]3CCC[C@@]3(c3noc(C)n3)C2)cn1. The van der Waals surface area contributed by atoms with Crippen LogP contribution in [0.4, 0.5) is 0 Å². The average Bonchev–Trinajstić information content (AvgIpc) is 3.21. The quantitative estimate of drug-likeness (QED) is 0.866. The van der Waals surface area contributed by atoms with Gasteiger partial charge in [-0.2, -0.15) is 10.1 Å². The second kappa shape index (κ2) is 5.19. The fourth-order valence-electron chi connectivity index (χ4n) is 4.30. The average molecular weight is 301 g/mol. The molecule has 0 amide bonds. The van der Waals surface area contributed by atoms with Crippen LogP contribution in [0.3, 0.4) is 0 Å². The highest BCUT2D eigenvalue weighted by atomic mass is 16.5. The third-order valence-electron chi connectivity index (χ3n) is 5.33. The lowest BCUT2D eigenvalue weighted by Gasteiger charge is -2.24. The Morgan fingerprint density at radius 1 is 1.45 bits per heavy atom. The zero-order valence-electron chi connectivity index (χ0n) is 13.3. The van der Waals surface area contributed by atoms with Crippen molar-refractivity contribution in [3.05, 3.63) is 29.7 Å². The Labute approximate surface area is 130 Å². The van der Waals surface area contributed by atoms with Crippen LogP contribution in [0.1, 0.15) is 43.5 Å². The lowest BCUT2D eigenvalue weighted by atomic mass is 9.80. The predicted molar refractivity (Wildman–Crippen MR) is 81.2 cm³/mol. The lowest BCUT2D eigenvalue weighted by molar-refractivity contribution is 0.286. The Morgan fingerprint density at radius 3 is 3.09 bits per heavy atom. The van der Waals surface area contributed by atoms with E-state index in [9.17, 15) is 0 Å². The van der Waals surface area contributed by atoms with E-state index in [0.29, 0.717) is 11.8 Å². The standard InChI is InChI=1S/C16H23N5O/c1-3-21-9-13(7-17-21)8-20-10-14-5-4-6-16(14,11-20)15-18-12(2)22-19-15/h7,9,14H,3-6,8,10-11H2,1-2H3/t14-,16-/m1/s1. The number of rotatable bonds is 4. The summed E-state index contributed by atoms with van der Waals surface area (Å²) in [4.78, 5) is 7.10. The maximum Gasteiger partial charge on any atom is 0.223 e. The van der Waals surface area contributed by atoms with Crippen LogP contribution < -0.4 is 0 Å². The molecule has 2 fully saturated rings. The number of hydrogen-bond donors (Lipinski definition) is 0. The Bertz CT molecular complexity index is 663. The van der Waals surface area contributed by atoms with Gasteiger partial charge in [-0.3, -0.25) is 9.58 Å². The molecule has 6 heteroatoms. The van der Waals surface area contributed by atoms with Crippen molar-refractivity contribution in [1.29, 1.82) is 0 Å². The van der Waals surface area contributed by atoms with E-state index in [1.54, 1.807) is 0 Å². The number of likely N-dealkylation sites (tertiary alicyclic amines) is 1. The third kappa shape index (κ3) is 2.17. The summed E-state index contributed by atoms with van der Waals surface area (Å²) in [5.41, 5.74) is 1.40. The summed E-state index contributed by atoms with van der Waals surface area (Å²) in [6.07, 6.45) is 7.88. The zero-order chi connectivity index (χ0) is 15.2. The molecular weight excluding hydrogens is 278 g/mol. The molecule has 1 aliphatic carbocycles. The van der Waals surface area contributed by atoms with E-state index in [4.69, 9.17) is 4.52 Å². The Morgan fingerprint density at radius 2 is 2.36 bits per heavy atom. The van der Waals surface area contributed by atoms with Crippen LogP contribution in [0.2, 0.25) is 0 Å². The Balaban J connectivity index is 1.54. The first-order valence-corrected chi connectivity index (χ1v) is 8.24. The Kier molecular flexibility index (Phi) is 3.29. The van der Waals surface area contributed by atoms with Crippen molar-refractivity contribution in [1.82, 2.24) is 24.8 Å². The number of aryl methyl sites for hydroxylation is 2. The van der Waals surface area contributed by atoms with Crippen molar-refractivity contribution in [2.24, 2.45) is 5.92 Å². The van der Waals surface area contributed by atoms with Crippen LogP contribution in [0.5, 0.6) is 0 Å². The molecule has 2 atom stereocenters. The van der Waals surface area contributed by atoms with Gasteiger partial charge in [0, 0.05) is 44.9 Å². The predicted octanol–water partition coefficient (Wildman–Crippen LogP) is 2.15. The maximum absolute atomic E-state index is 5.26. The molecule has 6 nitrogen and oxygen atoms in total. The molecule has 0 N–H and O–H groups in total. The van der Waals surface area contributed by atoms with E-state index in [-0.39, 0.29) is 5.41 Å². The summed E-state index contributed by atoms with van der Waals surface area (Å²) in [6, 6.07) is 0. The molecule has 2 aliphatic rings. The zero-order valence-corrected chi connectivity index (χ0v) is 13.3. The highest BCUT2D eigenvalue weighted by molar-refractivity contribution is 5.19. The topological polar surface area (TPSA) is 60.0 Å². The van der Waals surface area contributed by atoms with E-state index >= 15 is 0 Å². The minimum absolute atomic E-state index is 0.110. The van der Waals surface area contributed by atoms with Gasteiger partial charge in [0.25, 0.3) is 0 Å². The van der Waals surface area contributed by atoms with Crippen molar-refractivity contribution in [2.75, 3.05) is 13.1 Å². The summed E-state index contributed by atoms with van der Waals surface area (Å²) in [7, 11) is 0. The van der Waals surface area contributed by atoms with Crippen LogP contribution in [0.25, 0.3) is 0 Å². The summed E-state index contributed by atoms with van der Waals surface area (Å²) < 4.78 is 7.25. The van der Waals surface area contributed by atoms with Crippen LogP contribution >= 0.6 is 0 Å². The van der Waals surface area contributed by atoms with E-state index in [1.165, 1.54) is 24.8 Å². The van der Waals surface area contributed by atoms with Crippen LogP contribution in [-0.4, -0.2) is 37.9 Å². The van der Waals surface area contributed by atoms with Gasteiger partial charge in [0.15, 0.2) is 5.82 Å². The number of hydrogen-bond acceptors (Lipinski definition) is 5. The molecule has 0 radical (unpaired) electrons. The van der Waals surface area contributed by atoms with Crippen molar-refractivity contribution in [3.63, 3.8) is 0 Å². The van der Waals surface area contributed by atoms with Crippen LogP contribution in [-0.2, 0) is 18.5 Å². The first-order chi connectivity index (χ1) is 10.7. The monoisotopic (exact) mass is 301 g/mol. The van der Waals surface area contributed by atoms with Gasteiger partial charge < -0.3 is 4.52 Å². The highest BCUT2D eigenvalue weighted by Gasteiger charge is 2.53. The van der Waals surface area contributed by atoms with Crippen molar-refractivity contribution in [2.45, 2.75) is 51.6 Å². The molecule has 0 bridgehead atoms. The third-order valence-corrected chi connectivity index (χ3v) is 5.33. The van der Waals surface area contributed by atoms with E-state index < -0.39 is 0 Å². The molecule has 22 heavy (non-hydrogen) atoms. The van der Waals surface area contributed by atoms with E-state index in [0.717, 1.165) is 32.0 Å². The molecular formula is C16H23N5O. The van der Waals surface area contributed by atoms with Gasteiger partial charge in [-0.1, -0.05) is 11.6 Å². The van der Waals surface area contributed by atoms with E-state index in [2.05, 4.69) is 33.3 Å². The molecule has 4 rings (SSSR count). The summed E-state index contributed by atoms with van der Waals surface area (Å²) in [5.74, 6) is 2.27. The van der Waals surface area contributed by atoms with Gasteiger partial charge in [-0.05, 0) is 25.7 Å². The smallest absolute Gasteiger partial charge is 0.223 e. The first-order valence-electron chi connectivity index (χ1n) is 8.24.